The first kappa shape index (κ1) is 34.0. The summed E-state index contributed by atoms with van der Waals surface area (Å²) in [6, 6.07) is 0. The molecule has 2 aliphatic rings. The number of fused-ring (bicyclic) bond motifs is 2. The van der Waals surface area contributed by atoms with Crippen LogP contribution in [-0.4, -0.2) is 134 Å². The second-order valence-electron chi connectivity index (χ2n) is 9.52. The molecule has 2 fully saturated rings. The Bertz CT molecular complexity index is 1680. The number of nitrogen functional groups attached to an aromatic ring is 2. The van der Waals surface area contributed by atoms with Crippen LogP contribution in [0.1, 0.15) is 12.5 Å². The van der Waals surface area contributed by atoms with Gasteiger partial charge in [0, 0.05) is 0 Å². The van der Waals surface area contributed by atoms with E-state index < -0.39 is 81.2 Å². The fourth-order valence-corrected chi connectivity index (χ4v) is 4.48. The lowest BCUT2D eigenvalue weighted by molar-refractivity contribution is -0.0511. The van der Waals surface area contributed by atoms with Crippen molar-refractivity contribution >= 4 is 42.0 Å². The van der Waals surface area contributed by atoms with Crippen molar-refractivity contribution in [1.29, 1.82) is 0 Å². The Kier molecular flexibility index (Phi) is 9.98. The standard InChI is InChI=1S/2C10H13N5O5.H3O4P/c2*11-10-13-7-4(8(19)14-10)12-2-15(7)9-6(18)5(17)3(1-16)20-9;1-5(2,3)4/h2*2-3,5-6,9,16-18H,1H2,(H3,11,13,14,19);(H3,1,2,3,4)/t2*3-,5-,6-,9-;/m11./s1. The van der Waals surface area contributed by atoms with Crippen molar-refractivity contribution < 1.29 is 59.4 Å². The monoisotopic (exact) mass is 664 g/mol. The van der Waals surface area contributed by atoms with Crippen molar-refractivity contribution in [3.63, 3.8) is 0 Å². The third kappa shape index (κ3) is 7.17. The summed E-state index contributed by atoms with van der Waals surface area (Å²) in [4.78, 5) is 65.1. The average molecular weight is 664 g/mol. The van der Waals surface area contributed by atoms with Gasteiger partial charge in [-0.3, -0.25) is 28.7 Å². The lowest BCUT2D eigenvalue weighted by atomic mass is 10.1. The second kappa shape index (κ2) is 13.2. The molecule has 6 rings (SSSR count). The van der Waals surface area contributed by atoms with Gasteiger partial charge in [0.05, 0.1) is 25.9 Å². The molecule has 0 amide bonds. The number of rotatable bonds is 4. The maximum Gasteiger partial charge on any atom is 0.466 e. The van der Waals surface area contributed by atoms with E-state index in [9.17, 15) is 30.0 Å². The van der Waals surface area contributed by atoms with Gasteiger partial charge in [0.25, 0.3) is 11.1 Å². The van der Waals surface area contributed by atoms with Crippen molar-refractivity contribution in [3.8, 4) is 0 Å². The predicted molar refractivity (Wildman–Crippen MR) is 145 cm³/mol. The van der Waals surface area contributed by atoms with Gasteiger partial charge in [0.2, 0.25) is 11.9 Å². The Morgan fingerprint density at radius 3 is 1.36 bits per heavy atom. The van der Waals surface area contributed by atoms with E-state index in [1.54, 1.807) is 0 Å². The van der Waals surface area contributed by atoms with Crippen LogP contribution >= 0.6 is 7.82 Å². The summed E-state index contributed by atoms with van der Waals surface area (Å²) in [5, 5.41) is 57.5. The number of imidazole rings is 2. The summed E-state index contributed by atoms with van der Waals surface area (Å²) in [5.74, 6) is -0.202. The molecule has 4 aromatic rings. The number of H-pyrrole nitrogens is 2. The molecule has 2 aliphatic heterocycles. The maximum absolute atomic E-state index is 11.7. The molecular weight excluding hydrogens is 635 g/mol. The molecule has 25 heteroatoms. The van der Waals surface area contributed by atoms with Crippen LogP contribution in [0.25, 0.3) is 22.3 Å². The minimum atomic E-state index is -4.64. The van der Waals surface area contributed by atoms with Gasteiger partial charge in [-0.2, -0.15) is 9.97 Å². The highest BCUT2D eigenvalue weighted by Crippen LogP contribution is 2.32. The smallest absolute Gasteiger partial charge is 0.394 e. The summed E-state index contributed by atoms with van der Waals surface area (Å²) >= 11 is 0. The van der Waals surface area contributed by atoms with Gasteiger partial charge in [-0.1, -0.05) is 0 Å². The Hall–Kier alpha value is -3.91. The molecule has 0 unspecified atom stereocenters. The second-order valence-corrected chi connectivity index (χ2v) is 10.5. The summed E-state index contributed by atoms with van der Waals surface area (Å²) < 4.78 is 22.2. The third-order valence-corrected chi connectivity index (χ3v) is 6.48. The molecule has 24 nitrogen and oxygen atoms in total. The van der Waals surface area contributed by atoms with E-state index in [1.807, 2.05) is 0 Å². The van der Waals surface area contributed by atoms with Gasteiger partial charge in [-0.05, 0) is 0 Å². The first-order valence-corrected chi connectivity index (χ1v) is 14.1. The van der Waals surface area contributed by atoms with Gasteiger partial charge < -0.3 is 66.3 Å². The highest BCUT2D eigenvalue weighted by molar-refractivity contribution is 7.45. The van der Waals surface area contributed by atoms with E-state index >= 15 is 0 Å². The number of anilines is 2. The van der Waals surface area contributed by atoms with Crippen molar-refractivity contribution in [2.75, 3.05) is 24.7 Å². The predicted octanol–water partition coefficient (Wildman–Crippen LogP) is -6.30. The first-order chi connectivity index (χ1) is 21.0. The molecule has 0 aliphatic carbocycles. The van der Waals surface area contributed by atoms with Crippen LogP contribution in [-0.2, 0) is 14.0 Å². The molecule has 15 N–H and O–H groups in total. The zero-order chi connectivity index (χ0) is 33.4. The Labute approximate surface area is 248 Å². The summed E-state index contributed by atoms with van der Waals surface area (Å²) in [5.41, 5.74) is 10.2. The van der Waals surface area contributed by atoms with Crippen LogP contribution in [0.15, 0.2) is 22.2 Å². The number of nitrogens with two attached hydrogens (primary N) is 2. The van der Waals surface area contributed by atoms with Crippen molar-refractivity contribution in [3.05, 3.63) is 33.4 Å². The van der Waals surface area contributed by atoms with Crippen molar-refractivity contribution in [2.45, 2.75) is 49.1 Å². The highest BCUT2D eigenvalue weighted by Gasteiger charge is 2.45. The zero-order valence-electron chi connectivity index (χ0n) is 22.5. The molecule has 0 bridgehead atoms. The van der Waals surface area contributed by atoms with Gasteiger partial charge in [0.1, 0.15) is 36.6 Å². The minimum absolute atomic E-state index is 0.0388. The minimum Gasteiger partial charge on any atom is -0.394 e. The number of nitrogens with zero attached hydrogens (tertiary/aromatic N) is 6. The number of hydrogen-bond donors (Lipinski definition) is 13. The molecule has 8 atom stereocenters. The molecule has 0 aromatic carbocycles. The number of aliphatic hydroxyl groups excluding tert-OH is 6. The number of aromatic nitrogens is 8. The number of aliphatic hydroxyl groups is 6. The lowest BCUT2D eigenvalue weighted by Gasteiger charge is -2.16. The molecule has 6 heterocycles. The summed E-state index contributed by atoms with van der Waals surface area (Å²) in [6.45, 7) is -0.894. The Morgan fingerprint density at radius 2 is 1.07 bits per heavy atom. The topological polar surface area (TPSA) is 397 Å². The van der Waals surface area contributed by atoms with Gasteiger partial charge in [0.15, 0.2) is 34.8 Å². The van der Waals surface area contributed by atoms with E-state index in [0.717, 1.165) is 0 Å². The van der Waals surface area contributed by atoms with Gasteiger partial charge in [-0.15, -0.1) is 0 Å². The van der Waals surface area contributed by atoms with E-state index in [2.05, 4.69) is 29.9 Å². The van der Waals surface area contributed by atoms with Crippen LogP contribution in [0.3, 0.4) is 0 Å². The SMILES string of the molecule is Nc1nc2c(ncn2[C@@H]2O[C@H](CO)[C@@H](O)[C@H]2O)c(=O)[nH]1.Nc1nc2c(ncn2[C@@H]2O[C@H](CO)[C@@H](O)[C@H]2O)c(=O)[nH]1.O=P(O)(O)O. The van der Waals surface area contributed by atoms with Crippen LogP contribution in [0, 0.1) is 0 Å². The Morgan fingerprint density at radius 1 is 0.733 bits per heavy atom. The molecule has 0 spiro atoms. The highest BCUT2D eigenvalue weighted by atomic mass is 31.2. The molecule has 0 saturated carbocycles. The fraction of sp³-hybridized carbons (Fsp3) is 0.500. The largest absolute Gasteiger partial charge is 0.466 e. The fourth-order valence-electron chi connectivity index (χ4n) is 4.48. The van der Waals surface area contributed by atoms with Crippen LogP contribution < -0.4 is 22.6 Å². The van der Waals surface area contributed by atoms with Crippen molar-refractivity contribution in [2.24, 2.45) is 0 Å². The number of phosphoric acid groups is 1. The number of nitrogens with one attached hydrogen (secondary N) is 2. The van der Waals surface area contributed by atoms with Crippen LogP contribution in [0.4, 0.5) is 11.9 Å². The van der Waals surface area contributed by atoms with Crippen LogP contribution in [0.2, 0.25) is 0 Å². The normalized spacial score (nSPS) is 28.1. The molecule has 248 valence electrons. The lowest BCUT2D eigenvalue weighted by Crippen LogP contribution is -2.33. The van der Waals surface area contributed by atoms with Gasteiger partial charge >= 0.3 is 7.82 Å². The van der Waals surface area contributed by atoms with E-state index in [4.69, 9.17) is 50.4 Å². The first-order valence-electron chi connectivity index (χ1n) is 12.5. The molecule has 4 aromatic heterocycles. The molecule has 0 radical (unpaired) electrons. The Balaban J connectivity index is 0.000000179. The quantitative estimate of drug-likeness (QED) is 0.0902. The van der Waals surface area contributed by atoms with Crippen LogP contribution in [0.5, 0.6) is 0 Å². The van der Waals surface area contributed by atoms with E-state index in [0.29, 0.717) is 0 Å². The average Bonchev–Trinajstić information content (AvgIpc) is 3.69. The molecular formula is C20H29N10O14P. The molecule has 45 heavy (non-hydrogen) atoms. The number of ether oxygens (including phenoxy) is 2. The van der Waals surface area contributed by atoms with Crippen molar-refractivity contribution in [1.82, 2.24) is 39.0 Å². The van der Waals surface area contributed by atoms with E-state index in [1.165, 1.54) is 21.8 Å². The number of hydrogen-bond acceptors (Lipinski definition) is 17. The summed E-state index contributed by atoms with van der Waals surface area (Å²) in [6.07, 6.45) is -6.43. The number of aromatic amines is 2. The zero-order valence-corrected chi connectivity index (χ0v) is 23.4. The third-order valence-electron chi connectivity index (χ3n) is 6.48. The molecule has 2 saturated heterocycles. The van der Waals surface area contributed by atoms with E-state index in [-0.39, 0.29) is 34.2 Å². The van der Waals surface area contributed by atoms with Gasteiger partial charge in [-0.25, -0.2) is 14.5 Å². The maximum atomic E-state index is 11.7. The summed E-state index contributed by atoms with van der Waals surface area (Å²) in [7, 11) is -4.64.